The smallest absolute Gasteiger partial charge is 0.257 e. The van der Waals surface area contributed by atoms with Gasteiger partial charge in [0.15, 0.2) is 0 Å². The van der Waals surface area contributed by atoms with Crippen molar-refractivity contribution in [1.82, 2.24) is 9.88 Å². The molecule has 0 N–H and O–H groups in total. The number of pyridine rings is 1. The fraction of sp³-hybridized carbons (Fsp3) is 0.143. The number of benzene rings is 1. The van der Waals surface area contributed by atoms with E-state index >= 15 is 0 Å². The number of amides is 1. The Labute approximate surface area is 125 Å². The van der Waals surface area contributed by atoms with Gasteiger partial charge in [-0.2, -0.15) is 0 Å². The maximum atomic E-state index is 13.1. The van der Waals surface area contributed by atoms with E-state index in [4.69, 9.17) is 23.2 Å². The van der Waals surface area contributed by atoms with Gasteiger partial charge >= 0.3 is 0 Å². The summed E-state index contributed by atoms with van der Waals surface area (Å²) in [6.07, 6.45) is 0.971. The van der Waals surface area contributed by atoms with Crippen molar-refractivity contribution < 1.29 is 9.18 Å². The molecule has 1 aromatic heterocycles. The molecule has 1 aromatic carbocycles. The highest BCUT2D eigenvalue weighted by Gasteiger charge is 2.17. The van der Waals surface area contributed by atoms with E-state index in [9.17, 15) is 9.18 Å². The molecule has 104 valence electrons. The van der Waals surface area contributed by atoms with E-state index in [1.807, 2.05) is 12.1 Å². The van der Waals surface area contributed by atoms with Crippen LogP contribution in [0.2, 0.25) is 10.2 Å². The van der Waals surface area contributed by atoms with Crippen LogP contribution in [-0.2, 0) is 6.54 Å². The van der Waals surface area contributed by atoms with Crippen molar-refractivity contribution in [2.75, 3.05) is 7.05 Å². The van der Waals surface area contributed by atoms with Crippen molar-refractivity contribution in [1.29, 1.82) is 0 Å². The Bertz CT molecular complexity index is 632. The zero-order valence-corrected chi connectivity index (χ0v) is 12.1. The van der Waals surface area contributed by atoms with Gasteiger partial charge in [-0.15, -0.1) is 0 Å². The number of carbonyl (C=O) groups excluding carboxylic acids is 1. The number of nitrogens with zero attached hydrogens (tertiary/aromatic N) is 2. The van der Waals surface area contributed by atoms with E-state index in [-0.39, 0.29) is 10.7 Å². The van der Waals surface area contributed by atoms with Gasteiger partial charge < -0.3 is 4.90 Å². The third-order valence-electron chi connectivity index (χ3n) is 2.72. The van der Waals surface area contributed by atoms with Crippen LogP contribution in [0.3, 0.4) is 0 Å². The standard InChI is InChI=1S/C14H11Cl2FN2O/c1-19(8-9-2-4-10(15)5-3-9)14(20)12-6-11(17)7-18-13(12)16/h2-7H,8H2,1H3. The first-order valence-electron chi connectivity index (χ1n) is 5.78. The second-order valence-corrected chi connectivity index (χ2v) is 5.07. The third kappa shape index (κ3) is 3.46. The predicted octanol–water partition coefficient (Wildman–Crippen LogP) is 3.80. The monoisotopic (exact) mass is 312 g/mol. The van der Waals surface area contributed by atoms with E-state index in [1.54, 1.807) is 19.2 Å². The lowest BCUT2D eigenvalue weighted by Gasteiger charge is -2.17. The lowest BCUT2D eigenvalue weighted by atomic mass is 10.2. The number of rotatable bonds is 3. The van der Waals surface area contributed by atoms with E-state index in [0.717, 1.165) is 17.8 Å². The second-order valence-electron chi connectivity index (χ2n) is 4.28. The third-order valence-corrected chi connectivity index (χ3v) is 3.27. The van der Waals surface area contributed by atoms with E-state index in [1.165, 1.54) is 4.90 Å². The Hall–Kier alpha value is -1.65. The van der Waals surface area contributed by atoms with Crippen LogP contribution in [0.25, 0.3) is 0 Å². The Balaban J connectivity index is 2.16. The quantitative estimate of drug-likeness (QED) is 0.808. The van der Waals surface area contributed by atoms with Gasteiger partial charge in [0.1, 0.15) is 11.0 Å². The van der Waals surface area contributed by atoms with Gasteiger partial charge in [-0.1, -0.05) is 35.3 Å². The zero-order valence-electron chi connectivity index (χ0n) is 10.6. The summed E-state index contributed by atoms with van der Waals surface area (Å²) in [5.74, 6) is -0.991. The molecule has 0 aliphatic heterocycles. The average Bonchev–Trinajstić information content (AvgIpc) is 2.43. The maximum Gasteiger partial charge on any atom is 0.257 e. The van der Waals surface area contributed by atoms with Crippen LogP contribution in [0.5, 0.6) is 0 Å². The molecule has 0 radical (unpaired) electrons. The van der Waals surface area contributed by atoms with Crippen molar-refractivity contribution in [3.05, 3.63) is 63.6 Å². The first kappa shape index (κ1) is 14.8. The number of hydrogen-bond donors (Lipinski definition) is 0. The SMILES string of the molecule is CN(Cc1ccc(Cl)cc1)C(=O)c1cc(F)cnc1Cl. The summed E-state index contributed by atoms with van der Waals surface area (Å²) < 4.78 is 13.1. The highest BCUT2D eigenvalue weighted by molar-refractivity contribution is 6.32. The highest BCUT2D eigenvalue weighted by Crippen LogP contribution is 2.17. The van der Waals surface area contributed by atoms with Crippen LogP contribution in [0.15, 0.2) is 36.5 Å². The van der Waals surface area contributed by atoms with Crippen LogP contribution < -0.4 is 0 Å². The van der Waals surface area contributed by atoms with Crippen molar-refractivity contribution in [2.24, 2.45) is 0 Å². The molecule has 1 amide bonds. The van der Waals surface area contributed by atoms with Gasteiger partial charge in [-0.25, -0.2) is 9.37 Å². The number of hydrogen-bond acceptors (Lipinski definition) is 2. The summed E-state index contributed by atoms with van der Waals surface area (Å²) in [7, 11) is 1.61. The van der Waals surface area contributed by atoms with Crippen LogP contribution in [-0.4, -0.2) is 22.8 Å². The number of aromatic nitrogens is 1. The van der Waals surface area contributed by atoms with E-state index in [2.05, 4.69) is 4.98 Å². The summed E-state index contributed by atoms with van der Waals surface area (Å²) >= 11 is 11.6. The topological polar surface area (TPSA) is 33.2 Å². The Kier molecular flexibility index (Phi) is 4.57. The Morgan fingerprint density at radius 2 is 1.95 bits per heavy atom. The van der Waals surface area contributed by atoms with Gasteiger partial charge in [0.2, 0.25) is 0 Å². The summed E-state index contributed by atoms with van der Waals surface area (Å²) in [6, 6.07) is 8.20. The summed E-state index contributed by atoms with van der Waals surface area (Å²) in [5, 5.41) is 0.611. The largest absolute Gasteiger partial charge is 0.337 e. The minimum absolute atomic E-state index is 0.0145. The van der Waals surface area contributed by atoms with Crippen LogP contribution in [0, 0.1) is 5.82 Å². The Morgan fingerprint density at radius 3 is 2.60 bits per heavy atom. The van der Waals surface area contributed by atoms with Crippen LogP contribution in [0.1, 0.15) is 15.9 Å². The van der Waals surface area contributed by atoms with Gasteiger partial charge in [0, 0.05) is 18.6 Å². The summed E-state index contributed by atoms with van der Waals surface area (Å²) in [5.41, 5.74) is 0.953. The summed E-state index contributed by atoms with van der Waals surface area (Å²) in [6.45, 7) is 0.364. The molecule has 0 aliphatic rings. The fourth-order valence-electron chi connectivity index (χ4n) is 1.71. The molecule has 0 fully saturated rings. The molecule has 0 atom stereocenters. The molecule has 0 aliphatic carbocycles. The molecular weight excluding hydrogens is 302 g/mol. The van der Waals surface area contributed by atoms with Crippen LogP contribution in [0.4, 0.5) is 4.39 Å². The number of carbonyl (C=O) groups is 1. The van der Waals surface area contributed by atoms with Gasteiger partial charge in [0.25, 0.3) is 5.91 Å². The molecule has 6 heteroatoms. The maximum absolute atomic E-state index is 13.1. The van der Waals surface area contributed by atoms with Crippen molar-refractivity contribution in [3.63, 3.8) is 0 Å². The lowest BCUT2D eigenvalue weighted by Crippen LogP contribution is -2.26. The van der Waals surface area contributed by atoms with Gasteiger partial charge in [-0.3, -0.25) is 4.79 Å². The van der Waals surface area contributed by atoms with E-state index < -0.39 is 11.7 Å². The molecule has 20 heavy (non-hydrogen) atoms. The molecule has 0 saturated heterocycles. The molecule has 0 spiro atoms. The van der Waals surface area contributed by atoms with Gasteiger partial charge in [-0.05, 0) is 23.8 Å². The molecule has 0 unspecified atom stereocenters. The molecule has 1 heterocycles. The lowest BCUT2D eigenvalue weighted by molar-refractivity contribution is 0.0784. The molecule has 2 rings (SSSR count). The normalized spacial score (nSPS) is 10.4. The first-order chi connectivity index (χ1) is 9.47. The molecular formula is C14H11Cl2FN2O. The van der Waals surface area contributed by atoms with Crippen molar-refractivity contribution >= 4 is 29.1 Å². The molecule has 0 saturated carbocycles. The number of halogens is 3. The minimum atomic E-state index is -0.599. The molecule has 0 bridgehead atoms. The Morgan fingerprint density at radius 1 is 1.30 bits per heavy atom. The molecule has 2 aromatic rings. The minimum Gasteiger partial charge on any atom is -0.337 e. The van der Waals surface area contributed by atoms with Crippen molar-refractivity contribution in [3.8, 4) is 0 Å². The van der Waals surface area contributed by atoms with Crippen LogP contribution >= 0.6 is 23.2 Å². The van der Waals surface area contributed by atoms with E-state index in [0.29, 0.717) is 11.6 Å². The average molecular weight is 313 g/mol. The second kappa shape index (κ2) is 6.20. The van der Waals surface area contributed by atoms with Crippen molar-refractivity contribution in [2.45, 2.75) is 6.54 Å². The summed E-state index contributed by atoms with van der Waals surface area (Å²) in [4.78, 5) is 17.3. The first-order valence-corrected chi connectivity index (χ1v) is 6.54. The predicted molar refractivity (Wildman–Crippen MR) is 76.5 cm³/mol. The fourth-order valence-corrected chi connectivity index (χ4v) is 2.02. The van der Waals surface area contributed by atoms with Gasteiger partial charge in [0.05, 0.1) is 11.8 Å². The zero-order chi connectivity index (χ0) is 14.7. The highest BCUT2D eigenvalue weighted by atomic mass is 35.5. The molecule has 3 nitrogen and oxygen atoms in total.